The Hall–Kier alpha value is -3.91. The minimum Gasteiger partial charge on any atom is -0.459 e. The van der Waals surface area contributed by atoms with Crippen molar-refractivity contribution < 1.29 is 14.0 Å². The lowest BCUT2D eigenvalue weighted by molar-refractivity contribution is -0.121. The highest BCUT2D eigenvalue weighted by molar-refractivity contribution is 7.99. The molecule has 1 unspecified atom stereocenters. The minimum absolute atomic E-state index is 0.220. The quantitative estimate of drug-likeness (QED) is 0.399. The molecule has 0 saturated heterocycles. The van der Waals surface area contributed by atoms with E-state index in [1.807, 2.05) is 68.4 Å². The van der Waals surface area contributed by atoms with Gasteiger partial charge in [0, 0.05) is 34.9 Å². The van der Waals surface area contributed by atoms with Crippen LogP contribution in [0.4, 0.5) is 5.69 Å². The maximum Gasteiger partial charge on any atom is 0.290 e. The summed E-state index contributed by atoms with van der Waals surface area (Å²) in [5.41, 5.74) is 4.60. The Balaban J connectivity index is 1.33. The van der Waals surface area contributed by atoms with Gasteiger partial charge < -0.3 is 14.6 Å². The number of amides is 2. The molecule has 7 nitrogen and oxygen atoms in total. The van der Waals surface area contributed by atoms with Gasteiger partial charge in [0.05, 0.1) is 6.26 Å². The second kappa shape index (κ2) is 9.76. The van der Waals surface area contributed by atoms with Gasteiger partial charge in [-0.1, -0.05) is 24.3 Å². The van der Waals surface area contributed by atoms with Crippen molar-refractivity contribution in [2.75, 3.05) is 5.32 Å². The Morgan fingerprint density at radius 1 is 0.971 bits per heavy atom. The van der Waals surface area contributed by atoms with Crippen LogP contribution in [-0.2, 0) is 17.8 Å². The van der Waals surface area contributed by atoms with Crippen molar-refractivity contribution in [3.63, 3.8) is 0 Å². The van der Waals surface area contributed by atoms with Gasteiger partial charge in [-0.05, 0) is 79.2 Å². The number of aryl methyl sites for hydroxylation is 2. The van der Waals surface area contributed by atoms with Gasteiger partial charge in [-0.25, -0.2) is 9.97 Å². The number of benzene rings is 2. The first-order chi connectivity index (χ1) is 17.0. The molecule has 0 bridgehead atoms. The van der Waals surface area contributed by atoms with E-state index < -0.39 is 6.04 Å². The number of nitrogens with one attached hydrogen (secondary N) is 1. The molecule has 3 heterocycles. The number of hydrogen-bond acceptors (Lipinski definition) is 6. The third kappa shape index (κ3) is 5.12. The summed E-state index contributed by atoms with van der Waals surface area (Å²) in [7, 11) is 0. The Morgan fingerprint density at radius 2 is 1.69 bits per heavy atom. The molecule has 2 aromatic carbocycles. The molecular weight excluding hydrogens is 460 g/mol. The zero-order valence-electron chi connectivity index (χ0n) is 19.4. The third-order valence-corrected chi connectivity index (χ3v) is 6.71. The topological polar surface area (TPSA) is 88.3 Å². The van der Waals surface area contributed by atoms with Gasteiger partial charge in [0.15, 0.2) is 10.9 Å². The number of nitrogens with zero attached hydrogens (tertiary/aromatic N) is 3. The van der Waals surface area contributed by atoms with Gasteiger partial charge in [0.25, 0.3) is 5.91 Å². The van der Waals surface area contributed by atoms with E-state index in [4.69, 9.17) is 4.42 Å². The van der Waals surface area contributed by atoms with E-state index in [-0.39, 0.29) is 17.6 Å². The standard InChI is InChI=1S/C27H24N4O3S/c1-17-14-18(2)29-27(28-17)35-22-11-9-21(10-12-22)30-25(32)23-15-19-6-3-4-7-20(19)16-31(23)26(33)24-8-5-13-34-24/h3-14,23H,15-16H2,1-2H3,(H,30,32). The smallest absolute Gasteiger partial charge is 0.290 e. The molecule has 8 heteroatoms. The number of carbonyl (C=O) groups excluding carboxylic acids is 2. The number of anilines is 1. The van der Waals surface area contributed by atoms with Crippen LogP contribution in [0, 0.1) is 13.8 Å². The van der Waals surface area contributed by atoms with Gasteiger partial charge in [-0.2, -0.15) is 0 Å². The second-order valence-electron chi connectivity index (χ2n) is 8.45. The summed E-state index contributed by atoms with van der Waals surface area (Å²) in [6.07, 6.45) is 1.90. The Labute approximate surface area is 207 Å². The molecule has 35 heavy (non-hydrogen) atoms. The molecule has 4 aromatic rings. The van der Waals surface area contributed by atoms with Crippen molar-refractivity contribution in [3.8, 4) is 0 Å². The fourth-order valence-corrected chi connectivity index (χ4v) is 5.05. The third-order valence-electron chi connectivity index (χ3n) is 5.84. The van der Waals surface area contributed by atoms with Crippen LogP contribution < -0.4 is 5.32 Å². The van der Waals surface area contributed by atoms with Crippen molar-refractivity contribution in [1.29, 1.82) is 0 Å². The van der Waals surface area contributed by atoms with Crippen LogP contribution in [0.25, 0.3) is 0 Å². The predicted molar refractivity (Wildman–Crippen MR) is 133 cm³/mol. The predicted octanol–water partition coefficient (Wildman–Crippen LogP) is 5.04. The molecule has 0 fully saturated rings. The molecule has 1 aliphatic rings. The van der Waals surface area contributed by atoms with Crippen LogP contribution >= 0.6 is 11.8 Å². The maximum atomic E-state index is 13.4. The molecule has 0 spiro atoms. The van der Waals surface area contributed by atoms with Crippen LogP contribution in [-0.4, -0.2) is 32.7 Å². The van der Waals surface area contributed by atoms with Crippen molar-refractivity contribution in [2.45, 2.75) is 42.9 Å². The number of hydrogen-bond donors (Lipinski definition) is 1. The SMILES string of the molecule is Cc1cc(C)nc(Sc2ccc(NC(=O)C3Cc4ccccc4CN3C(=O)c3ccco3)cc2)n1. The zero-order chi connectivity index (χ0) is 24.4. The number of furan rings is 1. The molecule has 1 aliphatic heterocycles. The summed E-state index contributed by atoms with van der Waals surface area (Å²) in [4.78, 5) is 38.0. The lowest BCUT2D eigenvalue weighted by atomic mass is 9.93. The highest BCUT2D eigenvalue weighted by atomic mass is 32.2. The van der Waals surface area contributed by atoms with E-state index >= 15 is 0 Å². The minimum atomic E-state index is -0.653. The van der Waals surface area contributed by atoms with Crippen LogP contribution in [0.15, 0.2) is 87.5 Å². The molecule has 176 valence electrons. The van der Waals surface area contributed by atoms with Crippen LogP contribution in [0.2, 0.25) is 0 Å². The zero-order valence-corrected chi connectivity index (χ0v) is 20.2. The van der Waals surface area contributed by atoms with E-state index in [0.29, 0.717) is 23.8 Å². The van der Waals surface area contributed by atoms with Gasteiger partial charge in [0.2, 0.25) is 5.91 Å². The summed E-state index contributed by atoms with van der Waals surface area (Å²) in [6, 6.07) is 20.0. The van der Waals surface area contributed by atoms with Crippen molar-refractivity contribution in [2.24, 2.45) is 0 Å². The fraction of sp³-hybridized carbons (Fsp3) is 0.185. The summed E-state index contributed by atoms with van der Waals surface area (Å²) in [5, 5.41) is 3.67. The number of rotatable bonds is 5. The van der Waals surface area contributed by atoms with Gasteiger partial charge in [-0.15, -0.1) is 0 Å². The lowest BCUT2D eigenvalue weighted by Gasteiger charge is -2.35. The van der Waals surface area contributed by atoms with Crippen molar-refractivity contribution in [3.05, 3.63) is 101 Å². The monoisotopic (exact) mass is 484 g/mol. The van der Waals surface area contributed by atoms with Crippen LogP contribution in [0.1, 0.15) is 33.1 Å². The first kappa shape index (κ1) is 22.9. The maximum absolute atomic E-state index is 13.4. The number of aromatic nitrogens is 2. The normalized spacial score (nSPS) is 14.9. The molecule has 0 aliphatic carbocycles. The van der Waals surface area contributed by atoms with Crippen molar-refractivity contribution in [1.82, 2.24) is 14.9 Å². The summed E-state index contributed by atoms with van der Waals surface area (Å²) < 4.78 is 5.32. The molecule has 0 radical (unpaired) electrons. The summed E-state index contributed by atoms with van der Waals surface area (Å²) >= 11 is 1.47. The first-order valence-corrected chi connectivity index (χ1v) is 12.1. The van der Waals surface area contributed by atoms with E-state index in [0.717, 1.165) is 27.4 Å². The average Bonchev–Trinajstić information content (AvgIpc) is 3.38. The molecule has 1 atom stereocenters. The molecule has 5 rings (SSSR count). The summed E-state index contributed by atoms with van der Waals surface area (Å²) in [5.74, 6) is -0.320. The highest BCUT2D eigenvalue weighted by Crippen LogP contribution is 2.28. The van der Waals surface area contributed by atoms with Gasteiger partial charge in [0.1, 0.15) is 6.04 Å². The van der Waals surface area contributed by atoms with Crippen LogP contribution in [0.3, 0.4) is 0 Å². The Bertz CT molecular complexity index is 1350. The first-order valence-electron chi connectivity index (χ1n) is 11.3. The molecule has 2 amide bonds. The van der Waals surface area contributed by atoms with Gasteiger partial charge in [-0.3, -0.25) is 9.59 Å². The van der Waals surface area contributed by atoms with Crippen LogP contribution in [0.5, 0.6) is 0 Å². The second-order valence-corrected chi connectivity index (χ2v) is 9.49. The molecular formula is C27H24N4O3S. The van der Waals surface area contributed by atoms with E-state index in [1.165, 1.54) is 18.0 Å². The largest absolute Gasteiger partial charge is 0.459 e. The summed E-state index contributed by atoms with van der Waals surface area (Å²) in [6.45, 7) is 4.24. The molecule has 1 N–H and O–H groups in total. The number of carbonyl (C=O) groups is 2. The van der Waals surface area contributed by atoms with E-state index in [2.05, 4.69) is 15.3 Å². The Kier molecular flexibility index (Phi) is 6.37. The van der Waals surface area contributed by atoms with Crippen molar-refractivity contribution >= 4 is 29.3 Å². The Morgan fingerprint density at radius 3 is 2.37 bits per heavy atom. The molecule has 0 saturated carbocycles. The average molecular weight is 485 g/mol. The lowest BCUT2D eigenvalue weighted by Crippen LogP contribution is -2.50. The van der Waals surface area contributed by atoms with E-state index in [1.54, 1.807) is 17.0 Å². The number of fused-ring (bicyclic) bond motifs is 1. The molecule has 2 aromatic heterocycles. The van der Waals surface area contributed by atoms with Gasteiger partial charge >= 0.3 is 0 Å². The highest BCUT2D eigenvalue weighted by Gasteiger charge is 2.36. The fourth-order valence-electron chi connectivity index (χ4n) is 4.19. The van der Waals surface area contributed by atoms with E-state index in [9.17, 15) is 9.59 Å².